The van der Waals surface area contributed by atoms with E-state index in [-0.39, 0.29) is 0 Å². The Balaban J connectivity index is 1.28. The van der Waals surface area contributed by atoms with Crippen molar-refractivity contribution in [2.75, 3.05) is 26.2 Å². The van der Waals surface area contributed by atoms with E-state index >= 15 is 0 Å². The first kappa shape index (κ1) is 17.4. The van der Waals surface area contributed by atoms with Gasteiger partial charge in [-0.05, 0) is 74.2 Å². The van der Waals surface area contributed by atoms with Gasteiger partial charge < -0.3 is 0 Å². The first-order chi connectivity index (χ1) is 13.3. The van der Waals surface area contributed by atoms with Gasteiger partial charge in [0, 0.05) is 31.9 Å². The van der Waals surface area contributed by atoms with Gasteiger partial charge >= 0.3 is 0 Å². The van der Waals surface area contributed by atoms with Crippen molar-refractivity contribution < 1.29 is 0 Å². The molecule has 3 heteroatoms. The average Bonchev–Trinajstić information content (AvgIpc) is 3.57. The molecule has 1 aromatic heterocycles. The zero-order valence-corrected chi connectivity index (χ0v) is 16.3. The van der Waals surface area contributed by atoms with Gasteiger partial charge in [0.25, 0.3) is 0 Å². The molecule has 27 heavy (non-hydrogen) atoms. The van der Waals surface area contributed by atoms with Gasteiger partial charge in [0.1, 0.15) is 0 Å². The fourth-order valence-electron chi connectivity index (χ4n) is 5.37. The minimum atomic E-state index is 0.516. The zero-order chi connectivity index (χ0) is 18.1. The predicted octanol–water partition coefficient (Wildman–Crippen LogP) is 4.32. The van der Waals surface area contributed by atoms with Crippen LogP contribution in [-0.4, -0.2) is 47.0 Å². The van der Waals surface area contributed by atoms with E-state index < -0.39 is 0 Å². The van der Waals surface area contributed by atoms with Crippen molar-refractivity contribution in [2.24, 2.45) is 5.41 Å². The molecule has 0 N–H and O–H groups in total. The molecule has 2 saturated heterocycles. The second kappa shape index (κ2) is 7.37. The maximum atomic E-state index is 4.52. The molecule has 142 valence electrons. The quantitative estimate of drug-likeness (QED) is 0.809. The molecular weight excluding hydrogens is 330 g/mol. The van der Waals surface area contributed by atoms with E-state index in [4.69, 9.17) is 0 Å². The number of rotatable bonds is 4. The van der Waals surface area contributed by atoms with Crippen LogP contribution in [0.5, 0.6) is 0 Å². The standard InChI is InChI=1S/C24H31N3/c1-2-6-20(7-3-1)21-16-24(19-27(17-21)23-9-10-23)11-14-26(15-12-24)18-22-8-4-5-13-25-22/h1-8,13,21,23H,9-12,14-19H2/t21-/m1/s1. The topological polar surface area (TPSA) is 19.4 Å². The van der Waals surface area contributed by atoms with Crippen LogP contribution in [0.25, 0.3) is 0 Å². The van der Waals surface area contributed by atoms with E-state index in [2.05, 4.69) is 57.2 Å². The molecule has 1 aromatic carbocycles. The summed E-state index contributed by atoms with van der Waals surface area (Å²) in [6.45, 7) is 6.05. The highest BCUT2D eigenvalue weighted by atomic mass is 15.2. The van der Waals surface area contributed by atoms with Crippen LogP contribution < -0.4 is 0 Å². The van der Waals surface area contributed by atoms with Gasteiger partial charge in [0.15, 0.2) is 0 Å². The van der Waals surface area contributed by atoms with E-state index in [9.17, 15) is 0 Å². The van der Waals surface area contributed by atoms with Crippen molar-refractivity contribution in [3.63, 3.8) is 0 Å². The second-order valence-electron chi connectivity index (χ2n) is 9.07. The lowest BCUT2D eigenvalue weighted by Crippen LogP contribution is -2.52. The van der Waals surface area contributed by atoms with Crippen LogP contribution >= 0.6 is 0 Å². The fraction of sp³-hybridized carbons (Fsp3) is 0.542. The highest BCUT2D eigenvalue weighted by Crippen LogP contribution is 2.47. The van der Waals surface area contributed by atoms with E-state index in [0.717, 1.165) is 12.6 Å². The summed E-state index contributed by atoms with van der Waals surface area (Å²) in [7, 11) is 0. The van der Waals surface area contributed by atoms with E-state index in [1.165, 1.54) is 64.0 Å². The van der Waals surface area contributed by atoms with Gasteiger partial charge in [-0.25, -0.2) is 0 Å². The summed E-state index contributed by atoms with van der Waals surface area (Å²) in [5, 5.41) is 0. The van der Waals surface area contributed by atoms with Crippen molar-refractivity contribution in [1.29, 1.82) is 0 Å². The fourth-order valence-corrected chi connectivity index (χ4v) is 5.37. The number of pyridine rings is 1. The first-order valence-corrected chi connectivity index (χ1v) is 10.7. The monoisotopic (exact) mass is 361 g/mol. The Bertz CT molecular complexity index is 733. The maximum Gasteiger partial charge on any atom is 0.0543 e. The highest BCUT2D eigenvalue weighted by Gasteiger charge is 2.45. The molecule has 1 atom stereocenters. The molecule has 0 amide bonds. The van der Waals surface area contributed by atoms with Crippen LogP contribution in [0, 0.1) is 5.41 Å². The molecule has 5 rings (SSSR count). The van der Waals surface area contributed by atoms with Crippen LogP contribution in [0.3, 0.4) is 0 Å². The largest absolute Gasteiger partial charge is 0.299 e. The van der Waals surface area contributed by atoms with E-state index in [1.807, 2.05) is 12.3 Å². The number of aromatic nitrogens is 1. The summed E-state index contributed by atoms with van der Waals surface area (Å²) in [5.74, 6) is 0.711. The number of benzene rings is 1. The number of piperidine rings is 2. The lowest BCUT2D eigenvalue weighted by atomic mass is 9.68. The molecule has 0 unspecified atom stereocenters. The lowest BCUT2D eigenvalue weighted by molar-refractivity contribution is 0.00803. The Morgan fingerprint density at radius 3 is 2.44 bits per heavy atom. The van der Waals surface area contributed by atoms with Gasteiger partial charge in [-0.2, -0.15) is 0 Å². The second-order valence-corrected chi connectivity index (χ2v) is 9.07. The molecule has 1 saturated carbocycles. The summed E-state index contributed by atoms with van der Waals surface area (Å²) in [4.78, 5) is 9.98. The Labute approximate surface area is 163 Å². The summed E-state index contributed by atoms with van der Waals surface area (Å²) in [5.41, 5.74) is 3.28. The van der Waals surface area contributed by atoms with Crippen LogP contribution in [-0.2, 0) is 6.54 Å². The van der Waals surface area contributed by atoms with Crippen LogP contribution in [0.2, 0.25) is 0 Å². The molecule has 1 spiro atoms. The number of likely N-dealkylation sites (tertiary alicyclic amines) is 2. The number of nitrogens with zero attached hydrogens (tertiary/aromatic N) is 3. The van der Waals surface area contributed by atoms with Crippen LogP contribution in [0.4, 0.5) is 0 Å². The Morgan fingerprint density at radius 2 is 1.74 bits per heavy atom. The third-order valence-corrected chi connectivity index (χ3v) is 7.04. The van der Waals surface area contributed by atoms with Gasteiger partial charge in [0.05, 0.1) is 5.69 Å². The van der Waals surface area contributed by atoms with Crippen molar-refractivity contribution in [3.05, 3.63) is 66.0 Å². The minimum absolute atomic E-state index is 0.516. The van der Waals surface area contributed by atoms with Crippen molar-refractivity contribution >= 4 is 0 Å². The van der Waals surface area contributed by atoms with Crippen LogP contribution in [0.1, 0.15) is 49.3 Å². The zero-order valence-electron chi connectivity index (χ0n) is 16.3. The highest BCUT2D eigenvalue weighted by molar-refractivity contribution is 5.22. The van der Waals surface area contributed by atoms with Gasteiger partial charge in [-0.3, -0.25) is 14.8 Å². The summed E-state index contributed by atoms with van der Waals surface area (Å²) in [6.07, 6.45) is 8.81. The molecule has 3 nitrogen and oxygen atoms in total. The lowest BCUT2D eigenvalue weighted by Gasteiger charge is -2.50. The van der Waals surface area contributed by atoms with Gasteiger partial charge in [-0.1, -0.05) is 36.4 Å². The molecule has 2 aromatic rings. The van der Waals surface area contributed by atoms with Gasteiger partial charge in [0.2, 0.25) is 0 Å². The van der Waals surface area contributed by atoms with Crippen LogP contribution in [0.15, 0.2) is 54.7 Å². The number of hydrogen-bond acceptors (Lipinski definition) is 3. The van der Waals surface area contributed by atoms with Crippen molar-refractivity contribution in [3.8, 4) is 0 Å². The Kier molecular flexibility index (Phi) is 4.75. The SMILES string of the molecule is c1ccc([C@H]2CN(C3CC3)CC3(CCN(Cc4ccccn4)CC3)C2)cc1. The molecule has 1 aliphatic carbocycles. The molecule has 0 bridgehead atoms. The molecule has 0 radical (unpaired) electrons. The third-order valence-electron chi connectivity index (χ3n) is 7.04. The smallest absolute Gasteiger partial charge is 0.0543 e. The van der Waals surface area contributed by atoms with E-state index in [1.54, 1.807) is 5.56 Å². The maximum absolute atomic E-state index is 4.52. The van der Waals surface area contributed by atoms with Crippen molar-refractivity contribution in [1.82, 2.24) is 14.8 Å². The van der Waals surface area contributed by atoms with Crippen molar-refractivity contribution in [2.45, 2.75) is 50.6 Å². The molecule has 2 aliphatic heterocycles. The summed E-state index contributed by atoms with van der Waals surface area (Å²) >= 11 is 0. The summed E-state index contributed by atoms with van der Waals surface area (Å²) < 4.78 is 0. The first-order valence-electron chi connectivity index (χ1n) is 10.7. The molecule has 3 fully saturated rings. The van der Waals surface area contributed by atoms with Gasteiger partial charge in [-0.15, -0.1) is 0 Å². The Hall–Kier alpha value is -1.71. The predicted molar refractivity (Wildman–Crippen MR) is 110 cm³/mol. The number of hydrogen-bond donors (Lipinski definition) is 0. The molecule has 3 heterocycles. The molecule has 3 aliphatic rings. The average molecular weight is 362 g/mol. The minimum Gasteiger partial charge on any atom is -0.299 e. The Morgan fingerprint density at radius 1 is 0.963 bits per heavy atom. The van der Waals surface area contributed by atoms with E-state index in [0.29, 0.717) is 11.3 Å². The third kappa shape index (κ3) is 3.95. The molecular formula is C24H31N3. The normalized spacial score (nSPS) is 26.3. The summed E-state index contributed by atoms with van der Waals surface area (Å²) in [6, 6.07) is 18.4.